The highest BCUT2D eigenvalue weighted by Gasteiger charge is 2.10. The van der Waals surface area contributed by atoms with Crippen LogP contribution in [-0.2, 0) is 0 Å². The van der Waals surface area contributed by atoms with Crippen molar-refractivity contribution < 1.29 is 4.79 Å². The zero-order chi connectivity index (χ0) is 16.3. The molecule has 0 saturated heterocycles. The minimum atomic E-state index is -0.208. The lowest BCUT2D eigenvalue weighted by atomic mass is 10.1. The molecule has 0 spiro atoms. The number of nitrogens with one attached hydrogen (secondary N) is 2. The van der Waals surface area contributed by atoms with Crippen LogP contribution in [-0.4, -0.2) is 11.0 Å². The second kappa shape index (κ2) is 6.71. The monoisotopic (exact) mass is 312 g/mol. The highest BCUT2D eigenvalue weighted by Crippen LogP contribution is 2.21. The largest absolute Gasteiger partial charge is 0.332 e. The van der Waals surface area contributed by atoms with Gasteiger partial charge in [0.1, 0.15) is 0 Å². The first-order valence-electron chi connectivity index (χ1n) is 7.13. The van der Waals surface area contributed by atoms with E-state index in [2.05, 4.69) is 29.7 Å². The molecule has 0 saturated carbocycles. The molecule has 0 aliphatic heterocycles. The van der Waals surface area contributed by atoms with Crippen LogP contribution in [0, 0.1) is 27.7 Å². The molecular formula is C18H20N2OS. The number of carbonyl (C=O) groups excluding carboxylic acids is 1. The van der Waals surface area contributed by atoms with E-state index >= 15 is 0 Å². The Bertz CT molecular complexity index is 697. The molecule has 0 heterocycles. The molecule has 22 heavy (non-hydrogen) atoms. The quantitative estimate of drug-likeness (QED) is 0.822. The average Bonchev–Trinajstić information content (AvgIpc) is 2.43. The molecule has 0 aliphatic carbocycles. The minimum absolute atomic E-state index is 0.208. The van der Waals surface area contributed by atoms with Crippen LogP contribution in [0.15, 0.2) is 36.4 Å². The highest BCUT2D eigenvalue weighted by molar-refractivity contribution is 7.80. The van der Waals surface area contributed by atoms with Gasteiger partial charge in [-0.2, -0.15) is 0 Å². The number of amides is 1. The van der Waals surface area contributed by atoms with Crippen molar-refractivity contribution in [1.82, 2.24) is 5.32 Å². The molecule has 2 rings (SSSR count). The van der Waals surface area contributed by atoms with E-state index in [1.165, 1.54) is 5.56 Å². The second-order valence-electron chi connectivity index (χ2n) is 5.55. The summed E-state index contributed by atoms with van der Waals surface area (Å²) < 4.78 is 0. The lowest BCUT2D eigenvalue weighted by Crippen LogP contribution is -2.34. The summed E-state index contributed by atoms with van der Waals surface area (Å²) in [5.41, 5.74) is 6.05. The summed E-state index contributed by atoms with van der Waals surface area (Å²) in [5.74, 6) is -0.208. The van der Waals surface area contributed by atoms with Gasteiger partial charge in [0.05, 0.1) is 0 Å². The Morgan fingerprint density at radius 1 is 0.909 bits per heavy atom. The highest BCUT2D eigenvalue weighted by atomic mass is 32.1. The van der Waals surface area contributed by atoms with Crippen molar-refractivity contribution in [3.8, 4) is 0 Å². The summed E-state index contributed by atoms with van der Waals surface area (Å²) in [5, 5.41) is 6.14. The van der Waals surface area contributed by atoms with Gasteiger partial charge in [-0.1, -0.05) is 35.4 Å². The van der Waals surface area contributed by atoms with Crippen molar-refractivity contribution >= 4 is 28.9 Å². The lowest BCUT2D eigenvalue weighted by Gasteiger charge is -2.15. The summed E-state index contributed by atoms with van der Waals surface area (Å²) in [6, 6.07) is 11.5. The third-order valence-electron chi connectivity index (χ3n) is 3.46. The first-order chi connectivity index (χ1) is 10.4. The normalized spacial score (nSPS) is 10.2. The van der Waals surface area contributed by atoms with Crippen LogP contribution < -0.4 is 10.6 Å². The SMILES string of the molecule is Cc1ccc(C(=O)NC(=S)Nc2c(C)cc(C)cc2C)cc1. The Morgan fingerprint density at radius 2 is 1.45 bits per heavy atom. The summed E-state index contributed by atoms with van der Waals surface area (Å²) in [6.07, 6.45) is 0. The van der Waals surface area contributed by atoms with E-state index in [0.29, 0.717) is 10.7 Å². The van der Waals surface area contributed by atoms with E-state index in [4.69, 9.17) is 12.2 Å². The number of hydrogen-bond donors (Lipinski definition) is 2. The fourth-order valence-corrected chi connectivity index (χ4v) is 2.60. The smallest absolute Gasteiger partial charge is 0.257 e. The Morgan fingerprint density at radius 3 is 2.00 bits per heavy atom. The number of rotatable bonds is 2. The molecule has 114 valence electrons. The van der Waals surface area contributed by atoms with Gasteiger partial charge >= 0.3 is 0 Å². The average molecular weight is 312 g/mol. The van der Waals surface area contributed by atoms with Gasteiger partial charge in [-0.05, 0) is 63.2 Å². The Hall–Kier alpha value is -2.20. The molecular weight excluding hydrogens is 292 g/mol. The van der Waals surface area contributed by atoms with Crippen LogP contribution in [0.2, 0.25) is 0 Å². The Labute approximate surface area is 136 Å². The number of thiocarbonyl (C=S) groups is 1. The fourth-order valence-electron chi connectivity index (χ4n) is 2.40. The van der Waals surface area contributed by atoms with Crippen LogP contribution in [0.1, 0.15) is 32.6 Å². The zero-order valence-corrected chi connectivity index (χ0v) is 14.1. The summed E-state index contributed by atoms with van der Waals surface area (Å²) >= 11 is 5.25. The minimum Gasteiger partial charge on any atom is -0.332 e. The van der Waals surface area contributed by atoms with Crippen molar-refractivity contribution in [3.63, 3.8) is 0 Å². The molecule has 0 radical (unpaired) electrons. The van der Waals surface area contributed by atoms with Crippen LogP contribution in [0.3, 0.4) is 0 Å². The summed E-state index contributed by atoms with van der Waals surface area (Å²) in [6.45, 7) is 8.08. The van der Waals surface area contributed by atoms with E-state index in [0.717, 1.165) is 22.4 Å². The predicted octanol–water partition coefficient (Wildman–Crippen LogP) is 4.05. The Kier molecular flexibility index (Phi) is 4.93. The van der Waals surface area contributed by atoms with Crippen LogP contribution in [0.5, 0.6) is 0 Å². The first kappa shape index (κ1) is 16.2. The van der Waals surface area contributed by atoms with Gasteiger partial charge in [-0.25, -0.2) is 0 Å². The van der Waals surface area contributed by atoms with Crippen molar-refractivity contribution in [2.24, 2.45) is 0 Å². The van der Waals surface area contributed by atoms with Gasteiger partial charge in [0.2, 0.25) is 0 Å². The van der Waals surface area contributed by atoms with Gasteiger partial charge in [-0.15, -0.1) is 0 Å². The number of carbonyl (C=O) groups is 1. The molecule has 2 aromatic rings. The maximum absolute atomic E-state index is 12.1. The Balaban J connectivity index is 2.07. The molecule has 2 aromatic carbocycles. The molecule has 0 unspecified atom stereocenters. The second-order valence-corrected chi connectivity index (χ2v) is 5.96. The van der Waals surface area contributed by atoms with Crippen LogP contribution in [0.25, 0.3) is 0 Å². The molecule has 0 aromatic heterocycles. The van der Waals surface area contributed by atoms with Gasteiger partial charge < -0.3 is 5.32 Å². The van der Waals surface area contributed by atoms with E-state index < -0.39 is 0 Å². The molecule has 0 atom stereocenters. The molecule has 1 amide bonds. The maximum Gasteiger partial charge on any atom is 0.257 e. The van der Waals surface area contributed by atoms with Crippen molar-refractivity contribution in [2.45, 2.75) is 27.7 Å². The van der Waals surface area contributed by atoms with Gasteiger partial charge in [-0.3, -0.25) is 10.1 Å². The number of benzene rings is 2. The van der Waals surface area contributed by atoms with E-state index in [1.54, 1.807) is 12.1 Å². The van der Waals surface area contributed by atoms with Gasteiger partial charge in [0.25, 0.3) is 5.91 Å². The molecule has 4 heteroatoms. The van der Waals surface area contributed by atoms with Gasteiger partial charge in [0.15, 0.2) is 5.11 Å². The van der Waals surface area contributed by atoms with Crippen LogP contribution >= 0.6 is 12.2 Å². The van der Waals surface area contributed by atoms with E-state index in [1.807, 2.05) is 32.9 Å². The first-order valence-corrected chi connectivity index (χ1v) is 7.54. The van der Waals surface area contributed by atoms with Crippen molar-refractivity contribution in [1.29, 1.82) is 0 Å². The number of aryl methyl sites for hydroxylation is 4. The lowest BCUT2D eigenvalue weighted by molar-refractivity contribution is 0.0977. The maximum atomic E-state index is 12.1. The summed E-state index contributed by atoms with van der Waals surface area (Å²) in [7, 11) is 0. The van der Waals surface area contributed by atoms with Crippen molar-refractivity contribution in [2.75, 3.05) is 5.32 Å². The predicted molar refractivity (Wildman–Crippen MR) is 95.5 cm³/mol. The van der Waals surface area contributed by atoms with E-state index in [9.17, 15) is 4.79 Å². The van der Waals surface area contributed by atoms with Crippen LogP contribution in [0.4, 0.5) is 5.69 Å². The topological polar surface area (TPSA) is 41.1 Å². The third-order valence-corrected chi connectivity index (χ3v) is 3.66. The fraction of sp³-hybridized carbons (Fsp3) is 0.222. The molecule has 0 bridgehead atoms. The zero-order valence-electron chi connectivity index (χ0n) is 13.3. The number of anilines is 1. The molecule has 2 N–H and O–H groups in total. The van der Waals surface area contributed by atoms with Gasteiger partial charge in [0, 0.05) is 11.3 Å². The molecule has 0 fully saturated rings. The standard InChI is InChI=1S/C18H20N2OS/c1-11-5-7-15(8-6-11)17(21)20-18(22)19-16-13(3)9-12(2)10-14(16)4/h5-10H,1-4H3,(H2,19,20,21,22). The number of hydrogen-bond acceptors (Lipinski definition) is 2. The van der Waals surface area contributed by atoms with E-state index in [-0.39, 0.29) is 5.91 Å². The molecule has 0 aliphatic rings. The third kappa shape index (κ3) is 3.92. The molecule has 3 nitrogen and oxygen atoms in total. The summed E-state index contributed by atoms with van der Waals surface area (Å²) in [4.78, 5) is 12.1. The van der Waals surface area contributed by atoms with Crippen molar-refractivity contribution in [3.05, 3.63) is 64.2 Å².